The molecule has 0 unspecified atom stereocenters. The number of hydrogen-bond acceptors (Lipinski definition) is 3. The first-order valence-corrected chi connectivity index (χ1v) is 9.45. The summed E-state index contributed by atoms with van der Waals surface area (Å²) in [5, 5.41) is 4.22. The molecule has 1 aromatic rings. The van der Waals surface area contributed by atoms with Crippen LogP contribution in [0.3, 0.4) is 0 Å². The van der Waals surface area contributed by atoms with Crippen molar-refractivity contribution in [3.05, 3.63) is 33.8 Å². The van der Waals surface area contributed by atoms with Gasteiger partial charge in [0.2, 0.25) is 5.91 Å². The van der Waals surface area contributed by atoms with Crippen LogP contribution in [0.2, 0.25) is 10.0 Å². The van der Waals surface area contributed by atoms with E-state index in [-0.39, 0.29) is 11.8 Å². The Balaban J connectivity index is 1.62. The van der Waals surface area contributed by atoms with Crippen molar-refractivity contribution >= 4 is 40.9 Å². The minimum Gasteiger partial charge on any atom is -0.355 e. The SMILES string of the molecule is CN1CCC[C@@H](C(=O)NCCSCc2ccc(Cl)c(Cl)c2)C1. The quantitative estimate of drug-likeness (QED) is 0.785. The number of likely N-dealkylation sites (tertiary alicyclic amines) is 1. The van der Waals surface area contributed by atoms with Gasteiger partial charge in [0.15, 0.2) is 0 Å². The summed E-state index contributed by atoms with van der Waals surface area (Å²) < 4.78 is 0. The minimum absolute atomic E-state index is 0.152. The van der Waals surface area contributed by atoms with Crippen molar-refractivity contribution in [2.24, 2.45) is 5.92 Å². The minimum atomic E-state index is 0.152. The number of thioether (sulfide) groups is 1. The highest BCUT2D eigenvalue weighted by Gasteiger charge is 2.23. The van der Waals surface area contributed by atoms with Gasteiger partial charge in [0.1, 0.15) is 0 Å². The lowest BCUT2D eigenvalue weighted by atomic mass is 9.98. The molecule has 0 saturated carbocycles. The molecule has 0 spiro atoms. The number of carbonyl (C=O) groups is 1. The van der Waals surface area contributed by atoms with E-state index in [2.05, 4.69) is 17.3 Å². The van der Waals surface area contributed by atoms with E-state index in [1.54, 1.807) is 11.8 Å². The zero-order chi connectivity index (χ0) is 15.9. The number of hydrogen-bond donors (Lipinski definition) is 1. The Kier molecular flexibility index (Phi) is 7.35. The van der Waals surface area contributed by atoms with Crippen molar-refractivity contribution in [1.29, 1.82) is 0 Å². The van der Waals surface area contributed by atoms with Crippen LogP contribution in [0.1, 0.15) is 18.4 Å². The van der Waals surface area contributed by atoms with Gasteiger partial charge in [0.05, 0.1) is 16.0 Å². The molecule has 1 aromatic carbocycles. The highest BCUT2D eigenvalue weighted by molar-refractivity contribution is 7.98. The Hall–Kier alpha value is -0.420. The van der Waals surface area contributed by atoms with Gasteiger partial charge in [0, 0.05) is 24.6 Å². The third-order valence-electron chi connectivity index (χ3n) is 3.79. The van der Waals surface area contributed by atoms with E-state index in [4.69, 9.17) is 23.2 Å². The topological polar surface area (TPSA) is 32.3 Å². The summed E-state index contributed by atoms with van der Waals surface area (Å²) in [4.78, 5) is 14.3. The molecule has 1 aliphatic heterocycles. The normalized spacial score (nSPS) is 19.1. The van der Waals surface area contributed by atoms with Gasteiger partial charge in [-0.2, -0.15) is 11.8 Å². The van der Waals surface area contributed by atoms with Crippen molar-refractivity contribution in [1.82, 2.24) is 10.2 Å². The van der Waals surface area contributed by atoms with Crippen molar-refractivity contribution in [3.63, 3.8) is 0 Å². The molecule has 1 heterocycles. The number of rotatable bonds is 6. The van der Waals surface area contributed by atoms with E-state index in [9.17, 15) is 4.79 Å². The van der Waals surface area contributed by atoms with Gasteiger partial charge in [-0.3, -0.25) is 4.79 Å². The summed E-state index contributed by atoms with van der Waals surface area (Å²) in [5.74, 6) is 2.12. The van der Waals surface area contributed by atoms with Gasteiger partial charge >= 0.3 is 0 Å². The molecule has 1 N–H and O–H groups in total. The van der Waals surface area contributed by atoms with Gasteiger partial charge in [0.25, 0.3) is 0 Å². The van der Waals surface area contributed by atoms with Crippen LogP contribution in [0.5, 0.6) is 0 Å². The maximum Gasteiger partial charge on any atom is 0.224 e. The lowest BCUT2D eigenvalue weighted by Crippen LogP contribution is -2.41. The summed E-state index contributed by atoms with van der Waals surface area (Å²) in [6.07, 6.45) is 2.12. The van der Waals surface area contributed by atoms with E-state index < -0.39 is 0 Å². The standard InChI is InChI=1S/C16H22Cl2N2OS/c1-20-7-2-3-13(10-20)16(21)19-6-8-22-11-12-4-5-14(17)15(18)9-12/h4-5,9,13H,2-3,6-8,10-11H2,1H3,(H,19,21)/t13-/m1/s1. The fourth-order valence-electron chi connectivity index (χ4n) is 2.59. The molecule has 22 heavy (non-hydrogen) atoms. The van der Waals surface area contributed by atoms with Crippen LogP contribution in [0.15, 0.2) is 18.2 Å². The summed E-state index contributed by atoms with van der Waals surface area (Å²) in [5.41, 5.74) is 1.15. The van der Waals surface area contributed by atoms with Crippen LogP contribution in [-0.2, 0) is 10.5 Å². The summed E-state index contributed by atoms with van der Waals surface area (Å²) in [7, 11) is 2.08. The van der Waals surface area contributed by atoms with E-state index in [0.29, 0.717) is 16.6 Å². The third kappa shape index (κ3) is 5.65. The van der Waals surface area contributed by atoms with Gasteiger partial charge in [-0.15, -0.1) is 0 Å². The summed E-state index contributed by atoms with van der Waals surface area (Å²) in [6.45, 7) is 2.69. The van der Waals surface area contributed by atoms with Crippen molar-refractivity contribution < 1.29 is 4.79 Å². The number of carbonyl (C=O) groups excluding carboxylic acids is 1. The van der Waals surface area contributed by atoms with Gasteiger partial charge in [-0.05, 0) is 44.1 Å². The number of piperidine rings is 1. The molecule has 1 saturated heterocycles. The van der Waals surface area contributed by atoms with Crippen LogP contribution in [-0.4, -0.2) is 43.2 Å². The smallest absolute Gasteiger partial charge is 0.224 e. The molecule has 0 aromatic heterocycles. The molecule has 1 aliphatic rings. The molecule has 0 radical (unpaired) electrons. The molecule has 122 valence electrons. The number of amides is 1. The second kappa shape index (κ2) is 9.02. The lowest BCUT2D eigenvalue weighted by molar-refractivity contribution is -0.126. The predicted molar refractivity (Wildman–Crippen MR) is 95.9 cm³/mol. The molecule has 6 heteroatoms. The molecule has 0 bridgehead atoms. The Morgan fingerprint density at radius 3 is 2.95 bits per heavy atom. The third-order valence-corrected chi connectivity index (χ3v) is 5.56. The summed E-state index contributed by atoms with van der Waals surface area (Å²) in [6, 6.07) is 5.70. The molecular formula is C16H22Cl2N2OS. The number of nitrogens with zero attached hydrogens (tertiary/aromatic N) is 1. The summed E-state index contributed by atoms with van der Waals surface area (Å²) >= 11 is 13.7. The zero-order valence-corrected chi connectivity index (χ0v) is 15.1. The van der Waals surface area contributed by atoms with Crippen molar-refractivity contribution in [2.45, 2.75) is 18.6 Å². The van der Waals surface area contributed by atoms with Crippen LogP contribution in [0.4, 0.5) is 0 Å². The van der Waals surface area contributed by atoms with Crippen LogP contribution in [0, 0.1) is 5.92 Å². The Bertz CT molecular complexity index is 513. The maximum absolute atomic E-state index is 12.1. The predicted octanol–water partition coefficient (Wildman–Crippen LogP) is 3.68. The molecule has 2 rings (SSSR count). The van der Waals surface area contributed by atoms with Crippen LogP contribution >= 0.6 is 35.0 Å². The zero-order valence-electron chi connectivity index (χ0n) is 12.8. The monoisotopic (exact) mass is 360 g/mol. The average molecular weight is 361 g/mol. The highest BCUT2D eigenvalue weighted by atomic mass is 35.5. The lowest BCUT2D eigenvalue weighted by Gasteiger charge is -2.28. The fraction of sp³-hybridized carbons (Fsp3) is 0.562. The van der Waals surface area contributed by atoms with Crippen LogP contribution in [0.25, 0.3) is 0 Å². The number of nitrogens with one attached hydrogen (secondary N) is 1. The first-order valence-electron chi connectivity index (χ1n) is 7.54. The van der Waals surface area contributed by atoms with E-state index in [0.717, 1.165) is 43.0 Å². The van der Waals surface area contributed by atoms with Gasteiger partial charge in [-0.25, -0.2) is 0 Å². The Labute approximate surface area is 146 Å². The number of benzene rings is 1. The first kappa shape index (κ1) is 17.9. The Morgan fingerprint density at radius 2 is 2.23 bits per heavy atom. The number of halogens is 2. The first-order chi connectivity index (χ1) is 10.6. The molecular weight excluding hydrogens is 339 g/mol. The second-order valence-corrected chi connectivity index (χ2v) is 7.61. The van der Waals surface area contributed by atoms with E-state index in [1.807, 2.05) is 18.2 Å². The van der Waals surface area contributed by atoms with Crippen molar-refractivity contribution in [2.75, 3.05) is 32.4 Å². The van der Waals surface area contributed by atoms with Gasteiger partial charge in [-0.1, -0.05) is 29.3 Å². The van der Waals surface area contributed by atoms with E-state index >= 15 is 0 Å². The average Bonchev–Trinajstić information content (AvgIpc) is 2.50. The van der Waals surface area contributed by atoms with E-state index in [1.165, 1.54) is 0 Å². The Morgan fingerprint density at radius 1 is 1.41 bits per heavy atom. The fourth-order valence-corrected chi connectivity index (χ4v) is 3.72. The largest absolute Gasteiger partial charge is 0.355 e. The maximum atomic E-state index is 12.1. The van der Waals surface area contributed by atoms with Crippen LogP contribution < -0.4 is 5.32 Å². The second-order valence-electron chi connectivity index (χ2n) is 5.69. The molecule has 0 aliphatic carbocycles. The molecule has 1 atom stereocenters. The molecule has 3 nitrogen and oxygen atoms in total. The highest BCUT2D eigenvalue weighted by Crippen LogP contribution is 2.24. The molecule has 1 amide bonds. The van der Waals surface area contributed by atoms with Gasteiger partial charge < -0.3 is 10.2 Å². The molecule has 1 fully saturated rings. The van der Waals surface area contributed by atoms with Crippen molar-refractivity contribution in [3.8, 4) is 0 Å².